The van der Waals surface area contributed by atoms with Gasteiger partial charge >= 0.3 is 18.1 Å². The predicted molar refractivity (Wildman–Crippen MR) is 172 cm³/mol. The first-order valence-electron chi connectivity index (χ1n) is 16.5. The summed E-state index contributed by atoms with van der Waals surface area (Å²) in [7, 11) is 0. The van der Waals surface area contributed by atoms with Crippen LogP contribution in [0.4, 0.5) is 9.59 Å². The van der Waals surface area contributed by atoms with E-state index in [1.807, 2.05) is 59.5 Å². The third-order valence-electron chi connectivity index (χ3n) is 9.33. The number of nitrogens with one attached hydrogen (secondary N) is 3. The van der Waals surface area contributed by atoms with Crippen molar-refractivity contribution in [2.24, 2.45) is 5.92 Å². The Morgan fingerprint density at radius 1 is 0.761 bits per heavy atom. The van der Waals surface area contributed by atoms with Crippen molar-refractivity contribution in [3.05, 3.63) is 71.3 Å². The molecule has 3 N–H and O–H groups in total. The lowest BCUT2D eigenvalue weighted by Gasteiger charge is -2.35. The molecule has 11 heteroatoms. The fourth-order valence-corrected chi connectivity index (χ4v) is 6.50. The lowest BCUT2D eigenvalue weighted by Crippen LogP contribution is -2.48. The molecule has 0 bridgehead atoms. The number of ether oxygens (including phenoxy) is 2. The average molecular weight is 632 g/mol. The van der Waals surface area contributed by atoms with E-state index in [0.29, 0.717) is 50.3 Å². The first-order chi connectivity index (χ1) is 22.4. The van der Waals surface area contributed by atoms with Crippen LogP contribution in [0.1, 0.15) is 80.4 Å². The quantitative estimate of drug-likeness (QED) is 0.214. The zero-order valence-electron chi connectivity index (χ0n) is 26.4. The first-order valence-corrected chi connectivity index (χ1v) is 16.5. The van der Waals surface area contributed by atoms with Crippen molar-refractivity contribution in [2.45, 2.75) is 76.4 Å². The molecule has 3 fully saturated rings. The van der Waals surface area contributed by atoms with Crippen LogP contribution in [0.15, 0.2) is 54.6 Å². The Balaban J connectivity index is 0.976. The summed E-state index contributed by atoms with van der Waals surface area (Å²) in [5.41, 5.74) is 2.61. The molecule has 0 spiro atoms. The van der Waals surface area contributed by atoms with Crippen LogP contribution in [0.25, 0.3) is 0 Å². The SMILES string of the molecule is N=C(NC(=O)OCc1ccccc1)c1ccc(C2CCN(C(=O)N[C@H]3CC[C@H](C(=O)OCC(=O)N4CCCCC4)CC3)CC2)cc1. The number of rotatable bonds is 8. The highest BCUT2D eigenvalue weighted by Crippen LogP contribution is 2.29. The molecule has 3 aliphatic rings. The molecule has 2 aliphatic heterocycles. The maximum Gasteiger partial charge on any atom is 0.413 e. The van der Waals surface area contributed by atoms with Crippen LogP contribution in [-0.2, 0) is 25.7 Å². The number of hydrogen-bond donors (Lipinski definition) is 3. The molecule has 2 aromatic rings. The van der Waals surface area contributed by atoms with Gasteiger partial charge in [-0.2, -0.15) is 0 Å². The van der Waals surface area contributed by atoms with E-state index in [0.717, 1.165) is 56.3 Å². The number of urea groups is 1. The molecule has 1 aliphatic carbocycles. The minimum Gasteiger partial charge on any atom is -0.455 e. The van der Waals surface area contributed by atoms with Gasteiger partial charge in [-0.1, -0.05) is 54.6 Å². The number of carbonyl (C=O) groups is 4. The minimum absolute atomic E-state index is 0.0232. The third-order valence-corrected chi connectivity index (χ3v) is 9.33. The number of hydrogen-bond acceptors (Lipinski definition) is 7. The van der Waals surface area contributed by atoms with E-state index in [1.165, 1.54) is 0 Å². The van der Waals surface area contributed by atoms with Crippen molar-refractivity contribution in [3.63, 3.8) is 0 Å². The lowest BCUT2D eigenvalue weighted by atomic mass is 9.86. The van der Waals surface area contributed by atoms with E-state index >= 15 is 0 Å². The van der Waals surface area contributed by atoms with E-state index in [9.17, 15) is 19.2 Å². The highest BCUT2D eigenvalue weighted by atomic mass is 16.5. The summed E-state index contributed by atoms with van der Waals surface area (Å²) in [6.45, 7) is 2.74. The van der Waals surface area contributed by atoms with Crippen LogP contribution in [0.3, 0.4) is 0 Å². The second-order valence-electron chi connectivity index (χ2n) is 12.5. The van der Waals surface area contributed by atoms with E-state index in [1.54, 1.807) is 4.90 Å². The van der Waals surface area contributed by atoms with Crippen molar-refractivity contribution in [3.8, 4) is 0 Å². The largest absolute Gasteiger partial charge is 0.455 e. The van der Waals surface area contributed by atoms with E-state index in [2.05, 4.69) is 10.6 Å². The van der Waals surface area contributed by atoms with Gasteiger partial charge in [0.25, 0.3) is 5.91 Å². The van der Waals surface area contributed by atoms with Gasteiger partial charge in [0, 0.05) is 37.8 Å². The zero-order chi connectivity index (χ0) is 32.3. The van der Waals surface area contributed by atoms with Gasteiger partial charge in [0.1, 0.15) is 12.4 Å². The van der Waals surface area contributed by atoms with Crippen molar-refractivity contribution < 1.29 is 28.7 Å². The van der Waals surface area contributed by atoms with E-state index < -0.39 is 6.09 Å². The molecule has 0 atom stereocenters. The summed E-state index contributed by atoms with van der Waals surface area (Å²) in [6, 6.07) is 16.9. The summed E-state index contributed by atoms with van der Waals surface area (Å²) in [5.74, 6) is -0.358. The number of piperidine rings is 2. The number of amidine groups is 1. The number of amides is 4. The standard InChI is InChI=1S/C35H45N5O6/c36-32(38-35(44)46-23-25-7-3-1-4-8-25)28-11-9-26(10-12-28)27-17-21-40(22-18-27)34(43)37-30-15-13-29(14-16-30)33(42)45-24-31(41)39-19-5-2-6-20-39/h1,3-4,7-12,27,29-30H,2,5-6,13-24H2,(H,37,43)(H2,36,38,44)/t29-,30-. The topological polar surface area (TPSA) is 141 Å². The van der Waals surface area contributed by atoms with Gasteiger partial charge in [0.05, 0.1) is 5.92 Å². The molecule has 46 heavy (non-hydrogen) atoms. The van der Waals surface area contributed by atoms with Crippen molar-refractivity contribution in [2.75, 3.05) is 32.8 Å². The molecule has 0 aromatic heterocycles. The number of esters is 1. The molecule has 2 aromatic carbocycles. The van der Waals surface area contributed by atoms with Crippen LogP contribution < -0.4 is 10.6 Å². The number of carbonyl (C=O) groups excluding carboxylic acids is 4. The van der Waals surface area contributed by atoms with Gasteiger partial charge < -0.3 is 24.6 Å². The Morgan fingerprint density at radius 3 is 2.11 bits per heavy atom. The summed E-state index contributed by atoms with van der Waals surface area (Å²) in [4.78, 5) is 53.6. The summed E-state index contributed by atoms with van der Waals surface area (Å²) < 4.78 is 10.6. The molecule has 0 radical (unpaired) electrons. The Labute approximate surface area is 270 Å². The van der Waals surface area contributed by atoms with Crippen LogP contribution in [0.2, 0.25) is 0 Å². The van der Waals surface area contributed by atoms with Gasteiger partial charge in [0.2, 0.25) is 0 Å². The van der Waals surface area contributed by atoms with Gasteiger partial charge in [-0.15, -0.1) is 0 Å². The van der Waals surface area contributed by atoms with E-state index in [4.69, 9.17) is 14.9 Å². The Bertz CT molecular complexity index is 1350. The fraction of sp³-hybridized carbons (Fsp3) is 0.514. The normalized spacial score (nSPS) is 20.3. The molecule has 2 saturated heterocycles. The Kier molecular flexibility index (Phi) is 11.6. The molecular weight excluding hydrogens is 586 g/mol. The van der Waals surface area contributed by atoms with Crippen LogP contribution in [0, 0.1) is 11.3 Å². The molecule has 1 saturated carbocycles. The second-order valence-corrected chi connectivity index (χ2v) is 12.5. The molecule has 2 heterocycles. The maximum absolute atomic E-state index is 13.0. The van der Waals surface area contributed by atoms with Gasteiger partial charge in [0.15, 0.2) is 6.61 Å². The van der Waals surface area contributed by atoms with Crippen molar-refractivity contribution in [1.82, 2.24) is 20.4 Å². The van der Waals surface area contributed by atoms with Gasteiger partial charge in [-0.05, 0) is 74.8 Å². The molecule has 0 unspecified atom stereocenters. The first kappa shape index (κ1) is 33.0. The average Bonchev–Trinajstić information content (AvgIpc) is 3.10. The predicted octanol–water partition coefficient (Wildman–Crippen LogP) is 4.94. The number of alkyl carbamates (subject to hydrolysis) is 1. The highest BCUT2D eigenvalue weighted by Gasteiger charge is 2.31. The van der Waals surface area contributed by atoms with Crippen LogP contribution in [0.5, 0.6) is 0 Å². The monoisotopic (exact) mass is 631 g/mol. The minimum atomic E-state index is -0.671. The molecule has 246 valence electrons. The zero-order valence-corrected chi connectivity index (χ0v) is 26.4. The van der Waals surface area contributed by atoms with E-state index in [-0.39, 0.29) is 48.9 Å². The maximum atomic E-state index is 13.0. The smallest absolute Gasteiger partial charge is 0.413 e. The van der Waals surface area contributed by atoms with Crippen LogP contribution in [-0.4, -0.2) is 78.5 Å². The molecule has 11 nitrogen and oxygen atoms in total. The lowest BCUT2D eigenvalue weighted by molar-refractivity contribution is -0.156. The number of benzene rings is 2. The number of nitrogens with zero attached hydrogens (tertiary/aromatic N) is 2. The second kappa shape index (κ2) is 16.2. The summed E-state index contributed by atoms with van der Waals surface area (Å²) >= 11 is 0. The van der Waals surface area contributed by atoms with Gasteiger partial charge in [-0.25, -0.2) is 9.59 Å². The van der Waals surface area contributed by atoms with Crippen LogP contribution >= 0.6 is 0 Å². The van der Waals surface area contributed by atoms with Crippen molar-refractivity contribution in [1.29, 1.82) is 5.41 Å². The third kappa shape index (κ3) is 9.31. The molecule has 5 rings (SSSR count). The summed E-state index contributed by atoms with van der Waals surface area (Å²) in [6.07, 6.45) is 6.85. The molecule has 4 amide bonds. The fourth-order valence-electron chi connectivity index (χ4n) is 6.50. The summed E-state index contributed by atoms with van der Waals surface area (Å²) in [5, 5.41) is 13.9. The Hall–Kier alpha value is -4.41. The molecular formula is C35H45N5O6. The highest BCUT2D eigenvalue weighted by molar-refractivity contribution is 6.04. The number of likely N-dealkylation sites (tertiary alicyclic amines) is 2. The Morgan fingerprint density at radius 2 is 1.43 bits per heavy atom. The van der Waals surface area contributed by atoms with Gasteiger partial charge in [-0.3, -0.25) is 20.3 Å². The van der Waals surface area contributed by atoms with Crippen molar-refractivity contribution >= 4 is 29.8 Å².